The van der Waals surface area contributed by atoms with E-state index in [1.807, 2.05) is 41.3 Å². The Kier molecular flexibility index (Phi) is 8.14. The largest absolute Gasteiger partial charge is 0.493 e. The number of hydrogen-bond acceptors (Lipinski definition) is 6. The van der Waals surface area contributed by atoms with E-state index in [4.69, 9.17) is 9.47 Å². The number of pyridine rings is 1. The van der Waals surface area contributed by atoms with Gasteiger partial charge in [-0.2, -0.15) is 0 Å². The minimum atomic E-state index is -1.05. The highest BCUT2D eigenvalue weighted by Crippen LogP contribution is 2.27. The van der Waals surface area contributed by atoms with Crippen molar-refractivity contribution in [3.63, 3.8) is 0 Å². The molecule has 2 N–H and O–H groups in total. The smallest absolute Gasteiger partial charge is 0.339 e. The van der Waals surface area contributed by atoms with Crippen molar-refractivity contribution < 1.29 is 24.2 Å². The topological polar surface area (TPSA) is 101 Å². The van der Waals surface area contributed by atoms with E-state index in [0.29, 0.717) is 61.1 Å². The van der Waals surface area contributed by atoms with Gasteiger partial charge < -0.3 is 24.8 Å². The zero-order valence-corrected chi connectivity index (χ0v) is 21.4. The molecular weight excluding hydrogens is 494 g/mol. The van der Waals surface area contributed by atoms with Crippen LogP contribution < -0.4 is 15.0 Å². The van der Waals surface area contributed by atoms with Crippen molar-refractivity contribution in [2.24, 2.45) is 0 Å². The average Bonchev–Trinajstić information content (AvgIpc) is 2.99. The molecule has 1 amide bonds. The molecule has 5 rings (SSSR count). The van der Waals surface area contributed by atoms with Gasteiger partial charge in [-0.25, -0.2) is 9.78 Å². The highest BCUT2D eigenvalue weighted by Gasteiger charge is 2.21. The van der Waals surface area contributed by atoms with Crippen molar-refractivity contribution in [3.05, 3.63) is 108 Å². The number of nitrogens with one attached hydrogen (secondary N) is 1. The molecule has 1 aliphatic rings. The van der Waals surface area contributed by atoms with E-state index in [2.05, 4.69) is 22.4 Å². The van der Waals surface area contributed by atoms with E-state index < -0.39 is 5.97 Å². The van der Waals surface area contributed by atoms with Crippen LogP contribution in [0.3, 0.4) is 0 Å². The molecule has 1 saturated heterocycles. The zero-order chi connectivity index (χ0) is 27.0. The molecule has 0 aliphatic carbocycles. The Morgan fingerprint density at radius 2 is 1.69 bits per heavy atom. The number of morpholine rings is 1. The molecule has 0 spiro atoms. The van der Waals surface area contributed by atoms with Crippen molar-refractivity contribution in [3.8, 4) is 16.9 Å². The van der Waals surface area contributed by atoms with Crippen molar-refractivity contribution >= 4 is 23.4 Å². The van der Waals surface area contributed by atoms with Crippen LogP contribution in [0.15, 0.2) is 91.1 Å². The number of amides is 1. The van der Waals surface area contributed by atoms with Gasteiger partial charge in [0.2, 0.25) is 0 Å². The summed E-state index contributed by atoms with van der Waals surface area (Å²) < 4.78 is 11.2. The fourth-order valence-corrected chi connectivity index (χ4v) is 4.41. The van der Waals surface area contributed by atoms with Gasteiger partial charge in [-0.15, -0.1) is 0 Å². The summed E-state index contributed by atoms with van der Waals surface area (Å²) in [4.78, 5) is 31.4. The second-order valence-electron chi connectivity index (χ2n) is 9.14. The number of carbonyl (C=O) groups excluding carboxylic acids is 1. The van der Waals surface area contributed by atoms with Crippen molar-refractivity contribution in [1.82, 2.24) is 4.98 Å². The summed E-state index contributed by atoms with van der Waals surface area (Å²) >= 11 is 0. The van der Waals surface area contributed by atoms with E-state index in [1.165, 1.54) is 5.56 Å². The standard InChI is InChI=1S/C31H29N3O5/c35-30(33-26-9-11-27(12-10-26)39-16-13-22-5-2-1-3-6-22)24-8-4-7-23(19-24)25-20-28(31(36)37)29(32-21-25)34-14-17-38-18-15-34/h1-12,19-21H,13-18H2,(H,33,35)(H,36,37). The Balaban J connectivity index is 1.24. The summed E-state index contributed by atoms with van der Waals surface area (Å²) in [5.74, 6) is -0.165. The number of ether oxygens (including phenoxy) is 2. The maximum atomic E-state index is 13.0. The summed E-state index contributed by atoms with van der Waals surface area (Å²) in [6.07, 6.45) is 2.46. The van der Waals surface area contributed by atoms with Gasteiger partial charge in [0.1, 0.15) is 17.1 Å². The number of anilines is 2. The molecule has 0 saturated carbocycles. The maximum Gasteiger partial charge on any atom is 0.339 e. The minimum Gasteiger partial charge on any atom is -0.493 e. The molecule has 1 aliphatic heterocycles. The number of carboxylic acids is 1. The molecule has 198 valence electrons. The highest BCUT2D eigenvalue weighted by molar-refractivity contribution is 6.05. The normalized spacial score (nSPS) is 13.1. The van der Waals surface area contributed by atoms with E-state index in [9.17, 15) is 14.7 Å². The molecule has 1 aromatic heterocycles. The molecule has 0 bridgehead atoms. The summed E-state index contributed by atoms with van der Waals surface area (Å²) in [5, 5.41) is 12.7. The maximum absolute atomic E-state index is 13.0. The summed E-state index contributed by atoms with van der Waals surface area (Å²) in [6.45, 7) is 2.80. The minimum absolute atomic E-state index is 0.121. The van der Waals surface area contributed by atoms with Crippen LogP contribution in [0.5, 0.6) is 5.75 Å². The number of rotatable bonds is 9. The van der Waals surface area contributed by atoms with Crippen LogP contribution in [-0.4, -0.2) is 54.9 Å². The van der Waals surface area contributed by atoms with E-state index in [1.54, 1.807) is 42.6 Å². The summed E-state index contributed by atoms with van der Waals surface area (Å²) in [7, 11) is 0. The molecule has 39 heavy (non-hydrogen) atoms. The third-order valence-corrected chi connectivity index (χ3v) is 6.48. The number of hydrogen-bond donors (Lipinski definition) is 2. The lowest BCUT2D eigenvalue weighted by molar-refractivity contribution is 0.0695. The van der Waals surface area contributed by atoms with Crippen molar-refractivity contribution in [2.45, 2.75) is 6.42 Å². The first-order valence-corrected chi connectivity index (χ1v) is 12.8. The molecule has 0 radical (unpaired) electrons. The van der Waals surface area contributed by atoms with Gasteiger partial charge in [-0.3, -0.25) is 4.79 Å². The van der Waals surface area contributed by atoms with Gasteiger partial charge in [0.25, 0.3) is 5.91 Å². The molecule has 2 heterocycles. The lowest BCUT2D eigenvalue weighted by Crippen LogP contribution is -2.37. The molecular formula is C31H29N3O5. The summed E-state index contributed by atoms with van der Waals surface area (Å²) in [5.41, 5.74) is 3.75. The first kappa shape index (κ1) is 25.9. The second kappa shape index (κ2) is 12.2. The van der Waals surface area contributed by atoms with Gasteiger partial charge in [0, 0.05) is 42.5 Å². The zero-order valence-electron chi connectivity index (χ0n) is 21.4. The molecule has 0 unspecified atom stereocenters. The van der Waals surface area contributed by atoms with Crippen molar-refractivity contribution in [2.75, 3.05) is 43.1 Å². The Morgan fingerprint density at radius 3 is 2.44 bits per heavy atom. The van der Waals surface area contributed by atoms with Crippen LogP contribution in [0.4, 0.5) is 11.5 Å². The fraction of sp³-hybridized carbons (Fsp3) is 0.194. The van der Waals surface area contributed by atoms with Crippen LogP contribution in [0.2, 0.25) is 0 Å². The number of nitrogens with zero attached hydrogens (tertiary/aromatic N) is 2. The molecule has 8 nitrogen and oxygen atoms in total. The van der Waals surface area contributed by atoms with E-state index >= 15 is 0 Å². The third kappa shape index (κ3) is 6.61. The Bertz CT molecular complexity index is 1430. The predicted octanol–water partition coefficient (Wildman–Crippen LogP) is 5.16. The first-order chi connectivity index (χ1) is 19.1. The van der Waals surface area contributed by atoms with Crippen LogP contribution in [0.25, 0.3) is 11.1 Å². The number of benzene rings is 3. The molecule has 4 aromatic rings. The van der Waals surface area contributed by atoms with Gasteiger partial charge in [-0.05, 0) is 53.6 Å². The Morgan fingerprint density at radius 1 is 0.923 bits per heavy atom. The highest BCUT2D eigenvalue weighted by atomic mass is 16.5. The van der Waals surface area contributed by atoms with Crippen LogP contribution >= 0.6 is 0 Å². The molecule has 3 aromatic carbocycles. The lowest BCUT2D eigenvalue weighted by atomic mass is 10.0. The molecule has 8 heteroatoms. The monoisotopic (exact) mass is 523 g/mol. The summed E-state index contributed by atoms with van der Waals surface area (Å²) in [6, 6.07) is 26.0. The molecule has 1 fully saturated rings. The SMILES string of the molecule is O=C(Nc1ccc(OCCc2ccccc2)cc1)c1cccc(-c2cnc(N3CCOCC3)c(C(=O)O)c2)c1. The molecule has 0 atom stereocenters. The Hall–Kier alpha value is -4.69. The number of carbonyl (C=O) groups is 2. The van der Waals surface area contributed by atoms with Crippen LogP contribution in [0, 0.1) is 0 Å². The van der Waals surface area contributed by atoms with E-state index in [-0.39, 0.29) is 11.5 Å². The van der Waals surface area contributed by atoms with Gasteiger partial charge in [-0.1, -0.05) is 42.5 Å². The van der Waals surface area contributed by atoms with Gasteiger partial charge in [0.15, 0.2) is 0 Å². The predicted molar refractivity (Wildman–Crippen MR) is 150 cm³/mol. The fourth-order valence-electron chi connectivity index (χ4n) is 4.41. The second-order valence-corrected chi connectivity index (χ2v) is 9.14. The number of aromatic carboxylic acids is 1. The number of carboxylic acid groups (broad SMARTS) is 1. The van der Waals surface area contributed by atoms with Crippen LogP contribution in [-0.2, 0) is 11.2 Å². The lowest BCUT2D eigenvalue weighted by Gasteiger charge is -2.28. The number of aromatic nitrogens is 1. The first-order valence-electron chi connectivity index (χ1n) is 12.8. The average molecular weight is 524 g/mol. The van der Waals surface area contributed by atoms with Gasteiger partial charge in [0.05, 0.1) is 19.8 Å². The van der Waals surface area contributed by atoms with Crippen LogP contribution in [0.1, 0.15) is 26.3 Å². The quantitative estimate of drug-likeness (QED) is 0.313. The van der Waals surface area contributed by atoms with Crippen molar-refractivity contribution in [1.29, 1.82) is 0 Å². The van der Waals surface area contributed by atoms with Gasteiger partial charge >= 0.3 is 5.97 Å². The van der Waals surface area contributed by atoms with E-state index in [0.717, 1.165) is 12.2 Å². The Labute approximate surface area is 226 Å². The third-order valence-electron chi connectivity index (χ3n) is 6.48.